The monoisotopic (exact) mass is 381 g/mol. The maximum Gasteiger partial charge on any atom is 0.328 e. The number of nitrogens with zero attached hydrogens (tertiary/aromatic N) is 5. The summed E-state index contributed by atoms with van der Waals surface area (Å²) in [5.74, 6) is 0.758. The van der Waals surface area contributed by atoms with E-state index in [9.17, 15) is 9.59 Å². The summed E-state index contributed by atoms with van der Waals surface area (Å²) in [5.41, 5.74) is 4.21. The minimum Gasteiger partial charge on any atom is -0.302 e. The number of aryl methyl sites for hydroxylation is 1. The van der Waals surface area contributed by atoms with E-state index in [4.69, 9.17) is 4.99 Å². The Labute approximate surface area is 165 Å². The molecule has 3 aliphatic heterocycles. The number of hydrogen-bond donors (Lipinski definition) is 0. The van der Waals surface area contributed by atoms with Crippen LogP contribution in [0.5, 0.6) is 0 Å². The van der Waals surface area contributed by atoms with Gasteiger partial charge < -0.3 is 4.90 Å². The molecule has 2 atom stereocenters. The maximum atomic E-state index is 13.3. The molecular weight excluding hydrogens is 354 g/mol. The summed E-state index contributed by atoms with van der Waals surface area (Å²) in [6.45, 7) is 10.5. The van der Waals surface area contributed by atoms with E-state index in [0.717, 1.165) is 28.6 Å². The summed E-state index contributed by atoms with van der Waals surface area (Å²) in [6, 6.07) is 7.43. The lowest BCUT2D eigenvalue weighted by Gasteiger charge is -2.41. The molecule has 4 rings (SSSR count). The molecule has 1 saturated heterocycles. The highest BCUT2D eigenvalue weighted by Gasteiger charge is 2.55. The number of aliphatic imine (C=N–C) groups is 1. The molecule has 7 nitrogen and oxygen atoms in total. The lowest BCUT2D eigenvalue weighted by molar-refractivity contribution is -0.137. The summed E-state index contributed by atoms with van der Waals surface area (Å²) in [6.07, 6.45) is -0.506. The van der Waals surface area contributed by atoms with Crippen molar-refractivity contribution in [3.05, 3.63) is 41.2 Å². The van der Waals surface area contributed by atoms with Crippen LogP contribution in [0.4, 0.5) is 10.5 Å². The lowest BCUT2D eigenvalue weighted by Crippen LogP contribution is -2.65. The zero-order valence-electron chi connectivity index (χ0n) is 17.3. The number of benzene rings is 1. The molecule has 1 aromatic rings. The van der Waals surface area contributed by atoms with Crippen LogP contribution in [0, 0.1) is 12.8 Å². The van der Waals surface area contributed by atoms with Gasteiger partial charge in [0, 0.05) is 30.7 Å². The minimum atomic E-state index is -0.513. The smallest absolute Gasteiger partial charge is 0.302 e. The van der Waals surface area contributed by atoms with Crippen molar-refractivity contribution >= 4 is 23.6 Å². The van der Waals surface area contributed by atoms with Crippen molar-refractivity contribution in [1.29, 1.82) is 0 Å². The van der Waals surface area contributed by atoms with E-state index in [2.05, 4.69) is 24.0 Å². The van der Waals surface area contributed by atoms with Crippen molar-refractivity contribution in [2.45, 2.75) is 46.8 Å². The molecule has 3 heterocycles. The summed E-state index contributed by atoms with van der Waals surface area (Å²) in [5, 5.41) is 0. The van der Waals surface area contributed by atoms with Gasteiger partial charge in [-0.1, -0.05) is 26.0 Å². The number of allylic oxidation sites excluding steroid dienone is 2. The van der Waals surface area contributed by atoms with Gasteiger partial charge in [0.15, 0.2) is 12.2 Å². The van der Waals surface area contributed by atoms with Gasteiger partial charge in [-0.3, -0.25) is 19.5 Å². The van der Waals surface area contributed by atoms with Crippen LogP contribution in [0.2, 0.25) is 0 Å². The van der Waals surface area contributed by atoms with E-state index >= 15 is 0 Å². The number of rotatable bonds is 3. The maximum absolute atomic E-state index is 13.3. The average molecular weight is 381 g/mol. The fourth-order valence-electron chi connectivity index (χ4n) is 4.22. The third-order valence-corrected chi connectivity index (χ3v) is 5.70. The standard InChI is InChI=1S/C21H27N5O2/c1-12(2)11-24-19(27)17-18(23(6)21(24)28)22-20-25(14(4)15(5)26(17)20)16-9-7-8-13(3)10-16/h7-10,12,17-18H,11H2,1-6H3. The molecule has 2 unspecified atom stereocenters. The molecule has 0 bridgehead atoms. The summed E-state index contributed by atoms with van der Waals surface area (Å²) < 4.78 is 0. The zero-order chi connectivity index (χ0) is 20.3. The van der Waals surface area contributed by atoms with Crippen LogP contribution >= 0.6 is 0 Å². The summed E-state index contributed by atoms with van der Waals surface area (Å²) in [7, 11) is 1.73. The molecular formula is C21H27N5O2. The Morgan fingerprint density at radius 2 is 1.82 bits per heavy atom. The fourth-order valence-corrected chi connectivity index (χ4v) is 4.22. The van der Waals surface area contributed by atoms with Crippen molar-refractivity contribution in [2.24, 2.45) is 10.9 Å². The second kappa shape index (κ2) is 6.36. The highest BCUT2D eigenvalue weighted by Crippen LogP contribution is 2.40. The van der Waals surface area contributed by atoms with Gasteiger partial charge in [0.2, 0.25) is 5.96 Å². The van der Waals surface area contributed by atoms with Crippen molar-refractivity contribution < 1.29 is 9.59 Å². The van der Waals surface area contributed by atoms with Crippen molar-refractivity contribution in [2.75, 3.05) is 18.5 Å². The molecule has 1 aromatic carbocycles. The number of guanidine groups is 1. The highest BCUT2D eigenvalue weighted by molar-refractivity contribution is 6.10. The van der Waals surface area contributed by atoms with E-state index in [1.165, 1.54) is 4.90 Å². The number of urea groups is 1. The van der Waals surface area contributed by atoms with Crippen LogP contribution in [0.25, 0.3) is 0 Å². The highest BCUT2D eigenvalue weighted by atomic mass is 16.2. The Bertz CT molecular complexity index is 919. The molecule has 1 fully saturated rings. The number of carbonyl (C=O) groups is 2. The third kappa shape index (κ3) is 2.52. The number of anilines is 1. The molecule has 0 radical (unpaired) electrons. The van der Waals surface area contributed by atoms with Crippen LogP contribution < -0.4 is 4.90 Å². The van der Waals surface area contributed by atoms with Gasteiger partial charge in [-0.25, -0.2) is 9.79 Å². The van der Waals surface area contributed by atoms with Gasteiger partial charge in [-0.2, -0.15) is 0 Å². The topological polar surface area (TPSA) is 59.5 Å². The van der Waals surface area contributed by atoms with Crippen LogP contribution in [0.3, 0.4) is 0 Å². The van der Waals surface area contributed by atoms with E-state index in [1.807, 2.05) is 44.7 Å². The molecule has 7 heteroatoms. The SMILES string of the molecule is CC1=C(C)N2C(=NC3C2C(=O)N(CC(C)C)C(=O)N3C)N1c1cccc(C)c1. The number of imide groups is 1. The molecule has 28 heavy (non-hydrogen) atoms. The Balaban J connectivity index is 1.77. The van der Waals surface area contributed by atoms with Crippen LogP contribution in [-0.4, -0.2) is 58.4 Å². The average Bonchev–Trinajstić information content (AvgIpc) is 3.13. The molecule has 0 aliphatic carbocycles. The Morgan fingerprint density at radius 1 is 1.11 bits per heavy atom. The quantitative estimate of drug-likeness (QED) is 0.808. The van der Waals surface area contributed by atoms with Gasteiger partial charge in [0.25, 0.3) is 5.91 Å². The van der Waals surface area contributed by atoms with Crippen LogP contribution in [0.15, 0.2) is 40.7 Å². The minimum absolute atomic E-state index is 0.168. The predicted octanol–water partition coefficient (Wildman–Crippen LogP) is 2.98. The van der Waals surface area contributed by atoms with Crippen molar-refractivity contribution in [3.63, 3.8) is 0 Å². The zero-order valence-corrected chi connectivity index (χ0v) is 17.3. The molecule has 148 valence electrons. The van der Waals surface area contributed by atoms with E-state index in [1.54, 1.807) is 11.9 Å². The Kier molecular flexibility index (Phi) is 4.21. The lowest BCUT2D eigenvalue weighted by atomic mass is 10.1. The van der Waals surface area contributed by atoms with Gasteiger partial charge >= 0.3 is 6.03 Å². The molecule has 3 amide bonds. The van der Waals surface area contributed by atoms with Crippen molar-refractivity contribution in [3.8, 4) is 0 Å². The first-order valence-corrected chi connectivity index (χ1v) is 9.72. The van der Waals surface area contributed by atoms with Gasteiger partial charge in [0.05, 0.1) is 0 Å². The van der Waals surface area contributed by atoms with E-state index in [0.29, 0.717) is 6.54 Å². The van der Waals surface area contributed by atoms with Crippen LogP contribution in [-0.2, 0) is 4.79 Å². The summed E-state index contributed by atoms with van der Waals surface area (Å²) >= 11 is 0. The van der Waals surface area contributed by atoms with Gasteiger partial charge in [-0.05, 0) is 44.4 Å². The molecule has 0 aromatic heterocycles. The normalized spacial score (nSPS) is 24.5. The van der Waals surface area contributed by atoms with Gasteiger partial charge in [-0.15, -0.1) is 0 Å². The predicted molar refractivity (Wildman–Crippen MR) is 109 cm³/mol. The number of likely N-dealkylation sites (N-methyl/N-ethyl adjacent to an activating group) is 1. The Hall–Kier alpha value is -2.83. The third-order valence-electron chi connectivity index (χ3n) is 5.70. The fraction of sp³-hybridized carbons (Fsp3) is 0.476. The molecule has 0 N–H and O–H groups in total. The van der Waals surface area contributed by atoms with E-state index in [-0.39, 0.29) is 17.9 Å². The second-order valence-corrected chi connectivity index (χ2v) is 8.24. The molecule has 0 spiro atoms. The van der Waals surface area contributed by atoms with Crippen LogP contribution in [0.1, 0.15) is 33.3 Å². The molecule has 3 aliphatic rings. The second-order valence-electron chi connectivity index (χ2n) is 8.24. The first kappa shape index (κ1) is 18.5. The number of carbonyl (C=O) groups excluding carboxylic acids is 2. The first-order chi connectivity index (χ1) is 13.2. The summed E-state index contributed by atoms with van der Waals surface area (Å²) in [4.78, 5) is 38.0. The number of amides is 3. The first-order valence-electron chi connectivity index (χ1n) is 9.72. The number of fused-ring (bicyclic) bond motifs is 3. The number of hydrogen-bond acceptors (Lipinski definition) is 5. The van der Waals surface area contributed by atoms with E-state index < -0.39 is 12.2 Å². The van der Waals surface area contributed by atoms with Crippen molar-refractivity contribution in [1.82, 2.24) is 14.7 Å². The largest absolute Gasteiger partial charge is 0.328 e. The Morgan fingerprint density at radius 3 is 2.46 bits per heavy atom. The van der Waals surface area contributed by atoms with Gasteiger partial charge in [0.1, 0.15) is 0 Å². The molecule has 0 saturated carbocycles.